The Kier molecular flexibility index (Phi) is 6.68. The Balaban J connectivity index is 2.14. The molecule has 0 bridgehead atoms. The van der Waals surface area contributed by atoms with Crippen LogP contribution in [0.15, 0.2) is 23.8 Å². The molecule has 1 aromatic carbocycles. The molecule has 1 aliphatic rings. The fourth-order valence-corrected chi connectivity index (χ4v) is 2.87. The van der Waals surface area contributed by atoms with Crippen molar-refractivity contribution >= 4 is 12.0 Å². The van der Waals surface area contributed by atoms with Crippen LogP contribution in [0.3, 0.4) is 0 Å². The molecule has 5 nitrogen and oxygen atoms in total. The summed E-state index contributed by atoms with van der Waals surface area (Å²) in [5, 5.41) is 12.3. The minimum absolute atomic E-state index is 0.104. The zero-order chi connectivity index (χ0) is 17.4. The maximum atomic E-state index is 12.3. The van der Waals surface area contributed by atoms with E-state index in [2.05, 4.69) is 5.32 Å². The molecule has 1 N–H and O–H groups in total. The summed E-state index contributed by atoms with van der Waals surface area (Å²) < 4.78 is 10.8. The number of methoxy groups -OCH3 is 1. The molecule has 1 amide bonds. The zero-order valence-electron chi connectivity index (χ0n) is 14.3. The lowest BCUT2D eigenvalue weighted by Crippen LogP contribution is -2.36. The number of carbonyl (C=O) groups excluding carboxylic acids is 1. The average molecular weight is 328 g/mol. The van der Waals surface area contributed by atoms with E-state index < -0.39 is 0 Å². The molecule has 0 heterocycles. The second-order valence-electron chi connectivity index (χ2n) is 5.82. The molecule has 0 radical (unpaired) electrons. The summed E-state index contributed by atoms with van der Waals surface area (Å²) in [4.78, 5) is 12.3. The number of hydrogen-bond acceptors (Lipinski definition) is 4. The molecule has 5 heteroatoms. The van der Waals surface area contributed by atoms with E-state index in [1.807, 2.05) is 13.0 Å². The van der Waals surface area contributed by atoms with Crippen molar-refractivity contribution in [3.63, 3.8) is 0 Å². The number of nitrogens with one attached hydrogen (secondary N) is 1. The molecule has 2 rings (SSSR count). The van der Waals surface area contributed by atoms with E-state index in [1.165, 1.54) is 6.42 Å². The first-order valence-corrected chi connectivity index (χ1v) is 8.41. The molecule has 1 aliphatic carbocycles. The Hall–Kier alpha value is -2.48. The smallest absolute Gasteiger partial charge is 0.262 e. The number of hydrogen-bond donors (Lipinski definition) is 1. The molecule has 0 aromatic heterocycles. The summed E-state index contributed by atoms with van der Waals surface area (Å²) in [6, 6.07) is 7.52. The fraction of sp³-hybridized carbons (Fsp3) is 0.474. The quantitative estimate of drug-likeness (QED) is 0.641. The molecule has 1 aromatic rings. The highest BCUT2D eigenvalue weighted by Crippen LogP contribution is 2.29. The van der Waals surface area contributed by atoms with Gasteiger partial charge in [-0.3, -0.25) is 4.79 Å². The number of nitrogens with zero attached hydrogens (tertiary/aromatic N) is 1. The molecule has 0 unspecified atom stereocenters. The Labute approximate surface area is 143 Å². The first-order chi connectivity index (χ1) is 11.7. The van der Waals surface area contributed by atoms with Crippen LogP contribution in [0, 0.1) is 11.3 Å². The third-order valence-electron chi connectivity index (χ3n) is 4.10. The van der Waals surface area contributed by atoms with Gasteiger partial charge in [-0.15, -0.1) is 0 Å². The van der Waals surface area contributed by atoms with Crippen LogP contribution < -0.4 is 14.8 Å². The van der Waals surface area contributed by atoms with Crippen LogP contribution in [0.5, 0.6) is 11.5 Å². The van der Waals surface area contributed by atoms with Crippen LogP contribution in [-0.4, -0.2) is 25.7 Å². The zero-order valence-corrected chi connectivity index (χ0v) is 14.3. The number of carbonyl (C=O) groups is 1. The first kappa shape index (κ1) is 17.9. The lowest BCUT2D eigenvalue weighted by atomic mass is 9.95. The highest BCUT2D eigenvalue weighted by molar-refractivity contribution is 6.01. The van der Waals surface area contributed by atoms with Crippen LogP contribution in [0.2, 0.25) is 0 Å². The van der Waals surface area contributed by atoms with E-state index >= 15 is 0 Å². The van der Waals surface area contributed by atoms with Crippen molar-refractivity contribution in [2.45, 2.75) is 45.1 Å². The van der Waals surface area contributed by atoms with E-state index in [1.54, 1.807) is 31.4 Å². The standard InChI is InChI=1S/C19H24N2O3/c1-3-24-17-10-9-14(12-18(17)23-2)11-15(13-20)19(22)21-16-7-5-4-6-8-16/h9-12,16H,3-8H2,1-2H3,(H,21,22). The van der Waals surface area contributed by atoms with Gasteiger partial charge in [0.2, 0.25) is 0 Å². The van der Waals surface area contributed by atoms with E-state index in [9.17, 15) is 10.1 Å². The van der Waals surface area contributed by atoms with Crippen molar-refractivity contribution in [1.29, 1.82) is 5.26 Å². The minimum atomic E-state index is -0.308. The molecule has 128 valence electrons. The van der Waals surface area contributed by atoms with Crippen molar-refractivity contribution < 1.29 is 14.3 Å². The summed E-state index contributed by atoms with van der Waals surface area (Å²) in [5.41, 5.74) is 0.831. The summed E-state index contributed by atoms with van der Waals surface area (Å²) in [6.45, 7) is 2.44. The van der Waals surface area contributed by atoms with Gasteiger partial charge in [0.25, 0.3) is 5.91 Å². The fourth-order valence-electron chi connectivity index (χ4n) is 2.87. The maximum absolute atomic E-state index is 12.3. The third kappa shape index (κ3) is 4.76. The lowest BCUT2D eigenvalue weighted by molar-refractivity contribution is -0.117. The molecular formula is C19H24N2O3. The van der Waals surface area contributed by atoms with Gasteiger partial charge in [0, 0.05) is 6.04 Å². The van der Waals surface area contributed by atoms with Crippen molar-refractivity contribution in [1.82, 2.24) is 5.32 Å². The largest absolute Gasteiger partial charge is 0.493 e. The summed E-state index contributed by atoms with van der Waals surface area (Å²) in [5.74, 6) is 0.912. The molecule has 1 saturated carbocycles. The van der Waals surface area contributed by atoms with Gasteiger partial charge in [0.1, 0.15) is 11.6 Å². The number of amides is 1. The molecule has 1 fully saturated rings. The first-order valence-electron chi connectivity index (χ1n) is 8.41. The van der Waals surface area contributed by atoms with Crippen LogP contribution in [-0.2, 0) is 4.79 Å². The molecular weight excluding hydrogens is 304 g/mol. The van der Waals surface area contributed by atoms with Gasteiger partial charge in [0.15, 0.2) is 11.5 Å². The summed E-state index contributed by atoms with van der Waals surface area (Å²) in [7, 11) is 1.56. The van der Waals surface area contributed by atoms with Crippen LogP contribution in [0.1, 0.15) is 44.6 Å². The van der Waals surface area contributed by atoms with E-state index in [0.717, 1.165) is 31.2 Å². The van der Waals surface area contributed by atoms with Crippen LogP contribution >= 0.6 is 0 Å². The highest BCUT2D eigenvalue weighted by atomic mass is 16.5. The lowest BCUT2D eigenvalue weighted by Gasteiger charge is -2.22. The van der Waals surface area contributed by atoms with E-state index in [0.29, 0.717) is 18.1 Å². The van der Waals surface area contributed by atoms with Gasteiger partial charge in [-0.2, -0.15) is 5.26 Å². The van der Waals surface area contributed by atoms with Crippen molar-refractivity contribution in [3.8, 4) is 17.6 Å². The van der Waals surface area contributed by atoms with Gasteiger partial charge in [-0.05, 0) is 43.5 Å². The second-order valence-corrected chi connectivity index (χ2v) is 5.82. The Morgan fingerprint density at radius 2 is 2.08 bits per heavy atom. The van der Waals surface area contributed by atoms with Crippen LogP contribution in [0.25, 0.3) is 6.08 Å². The molecule has 0 spiro atoms. The van der Waals surface area contributed by atoms with Crippen molar-refractivity contribution in [2.24, 2.45) is 0 Å². The van der Waals surface area contributed by atoms with Crippen molar-refractivity contribution in [3.05, 3.63) is 29.3 Å². The SMILES string of the molecule is CCOc1ccc(C=C(C#N)C(=O)NC2CCCCC2)cc1OC. The predicted octanol–water partition coefficient (Wildman–Crippen LogP) is 3.45. The van der Waals surface area contributed by atoms with Gasteiger partial charge in [-0.25, -0.2) is 0 Å². The Morgan fingerprint density at radius 3 is 2.71 bits per heavy atom. The average Bonchev–Trinajstić information content (AvgIpc) is 2.61. The highest BCUT2D eigenvalue weighted by Gasteiger charge is 2.18. The number of rotatable bonds is 6. The topological polar surface area (TPSA) is 71.3 Å². The Bertz CT molecular complexity index is 641. The molecule has 0 atom stereocenters. The van der Waals surface area contributed by atoms with Crippen molar-refractivity contribution in [2.75, 3.05) is 13.7 Å². The van der Waals surface area contributed by atoms with Gasteiger partial charge >= 0.3 is 0 Å². The Morgan fingerprint density at radius 1 is 1.33 bits per heavy atom. The minimum Gasteiger partial charge on any atom is -0.493 e. The molecule has 0 saturated heterocycles. The normalized spacial score (nSPS) is 15.5. The summed E-state index contributed by atoms with van der Waals surface area (Å²) in [6.07, 6.45) is 7.04. The molecule has 0 aliphatic heterocycles. The van der Waals surface area contributed by atoms with Crippen LogP contribution in [0.4, 0.5) is 0 Å². The third-order valence-corrected chi connectivity index (χ3v) is 4.10. The second kappa shape index (κ2) is 8.97. The molecule has 24 heavy (non-hydrogen) atoms. The predicted molar refractivity (Wildman–Crippen MR) is 92.8 cm³/mol. The number of ether oxygens (including phenoxy) is 2. The maximum Gasteiger partial charge on any atom is 0.262 e. The van der Waals surface area contributed by atoms with Gasteiger partial charge in [0.05, 0.1) is 13.7 Å². The number of benzene rings is 1. The van der Waals surface area contributed by atoms with E-state index in [-0.39, 0.29) is 17.5 Å². The van der Waals surface area contributed by atoms with Gasteiger partial charge in [-0.1, -0.05) is 25.3 Å². The number of nitriles is 1. The van der Waals surface area contributed by atoms with E-state index in [4.69, 9.17) is 9.47 Å². The van der Waals surface area contributed by atoms with Gasteiger partial charge < -0.3 is 14.8 Å². The summed E-state index contributed by atoms with van der Waals surface area (Å²) >= 11 is 0. The monoisotopic (exact) mass is 328 g/mol.